The molecule has 2 heterocycles. The monoisotopic (exact) mass is 242 g/mol. The van der Waals surface area contributed by atoms with E-state index in [1.165, 1.54) is 0 Å². The van der Waals surface area contributed by atoms with Gasteiger partial charge in [-0.05, 0) is 13.3 Å². The Hall–Kier alpha value is -1.07. The molecule has 0 amide bonds. The third-order valence-corrected chi connectivity index (χ3v) is 2.98. The fourth-order valence-corrected chi connectivity index (χ4v) is 2.00. The molecular formula is C10H15ClN4O. The Morgan fingerprint density at radius 1 is 1.62 bits per heavy atom. The molecule has 16 heavy (non-hydrogen) atoms. The number of halogens is 1. The van der Waals surface area contributed by atoms with Gasteiger partial charge in [0.1, 0.15) is 11.0 Å². The maximum Gasteiger partial charge on any atom is 0.223 e. The second-order valence-electron chi connectivity index (χ2n) is 3.94. The highest BCUT2D eigenvalue weighted by molar-refractivity contribution is 6.29. The van der Waals surface area contributed by atoms with Gasteiger partial charge in [0.2, 0.25) is 5.95 Å². The number of anilines is 2. The van der Waals surface area contributed by atoms with Crippen LogP contribution >= 0.6 is 11.6 Å². The van der Waals surface area contributed by atoms with Gasteiger partial charge in [0, 0.05) is 25.1 Å². The first-order valence-electron chi connectivity index (χ1n) is 5.30. The van der Waals surface area contributed by atoms with E-state index in [0.717, 1.165) is 19.6 Å². The number of nitrogen functional groups attached to an aromatic ring is 1. The zero-order valence-electron chi connectivity index (χ0n) is 9.11. The van der Waals surface area contributed by atoms with Crippen LogP contribution in [-0.2, 0) is 4.74 Å². The van der Waals surface area contributed by atoms with Crippen LogP contribution in [0.1, 0.15) is 13.3 Å². The normalized spacial score (nSPS) is 24.6. The second kappa shape index (κ2) is 4.84. The van der Waals surface area contributed by atoms with E-state index < -0.39 is 0 Å². The molecule has 0 radical (unpaired) electrons. The number of nitrogens with two attached hydrogens (primary N) is 1. The van der Waals surface area contributed by atoms with E-state index in [1.54, 1.807) is 6.07 Å². The van der Waals surface area contributed by atoms with Gasteiger partial charge in [0.25, 0.3) is 0 Å². The highest BCUT2D eigenvalue weighted by atomic mass is 35.5. The SMILES string of the molecule is CC1OCCC1CNc1cc(Cl)nc(N)n1. The van der Waals surface area contributed by atoms with Crippen LogP contribution in [0.2, 0.25) is 5.15 Å². The van der Waals surface area contributed by atoms with Crippen molar-refractivity contribution in [1.82, 2.24) is 9.97 Å². The number of nitrogens with one attached hydrogen (secondary N) is 1. The highest BCUT2D eigenvalue weighted by Crippen LogP contribution is 2.21. The standard InChI is InChI=1S/C10H15ClN4O/c1-6-7(2-3-16-6)5-13-9-4-8(11)14-10(12)15-9/h4,6-7H,2-3,5H2,1H3,(H3,12,13,14,15). The zero-order chi connectivity index (χ0) is 11.5. The van der Waals surface area contributed by atoms with Crippen molar-refractivity contribution in [1.29, 1.82) is 0 Å². The largest absolute Gasteiger partial charge is 0.378 e. The van der Waals surface area contributed by atoms with Crippen molar-refractivity contribution in [3.8, 4) is 0 Å². The lowest BCUT2D eigenvalue weighted by Crippen LogP contribution is -2.21. The number of hydrogen-bond acceptors (Lipinski definition) is 5. The van der Waals surface area contributed by atoms with E-state index in [-0.39, 0.29) is 5.95 Å². The summed E-state index contributed by atoms with van der Waals surface area (Å²) in [6.45, 7) is 3.73. The molecule has 2 unspecified atom stereocenters. The van der Waals surface area contributed by atoms with Crippen LogP contribution in [0.15, 0.2) is 6.07 Å². The van der Waals surface area contributed by atoms with Crippen LogP contribution in [-0.4, -0.2) is 29.2 Å². The van der Waals surface area contributed by atoms with Crippen molar-refractivity contribution in [2.24, 2.45) is 5.92 Å². The molecule has 1 aromatic heterocycles. The first-order valence-corrected chi connectivity index (χ1v) is 5.68. The topological polar surface area (TPSA) is 73.1 Å². The third kappa shape index (κ3) is 2.74. The van der Waals surface area contributed by atoms with Crippen molar-refractivity contribution >= 4 is 23.4 Å². The Kier molecular flexibility index (Phi) is 3.46. The maximum absolute atomic E-state index is 5.78. The molecule has 1 aliphatic heterocycles. The molecule has 5 nitrogen and oxygen atoms in total. The summed E-state index contributed by atoms with van der Waals surface area (Å²) in [5.74, 6) is 1.36. The van der Waals surface area contributed by atoms with E-state index in [9.17, 15) is 0 Å². The third-order valence-electron chi connectivity index (χ3n) is 2.79. The van der Waals surface area contributed by atoms with Crippen LogP contribution in [0.4, 0.5) is 11.8 Å². The van der Waals surface area contributed by atoms with Gasteiger partial charge in [-0.1, -0.05) is 11.6 Å². The lowest BCUT2D eigenvalue weighted by Gasteiger charge is -2.15. The first kappa shape index (κ1) is 11.4. The van der Waals surface area contributed by atoms with Crippen LogP contribution in [0.3, 0.4) is 0 Å². The molecular weight excluding hydrogens is 228 g/mol. The molecule has 0 bridgehead atoms. The van der Waals surface area contributed by atoms with Crippen LogP contribution in [0, 0.1) is 5.92 Å². The molecule has 0 saturated carbocycles. The fourth-order valence-electron chi connectivity index (χ4n) is 1.81. The van der Waals surface area contributed by atoms with Crippen molar-refractivity contribution in [3.63, 3.8) is 0 Å². The van der Waals surface area contributed by atoms with Crippen LogP contribution in [0.5, 0.6) is 0 Å². The van der Waals surface area contributed by atoms with Gasteiger partial charge in [-0.15, -0.1) is 0 Å². The molecule has 1 aromatic rings. The van der Waals surface area contributed by atoms with E-state index in [1.807, 2.05) is 0 Å². The van der Waals surface area contributed by atoms with Gasteiger partial charge in [-0.2, -0.15) is 4.98 Å². The number of hydrogen-bond donors (Lipinski definition) is 2. The van der Waals surface area contributed by atoms with Gasteiger partial charge >= 0.3 is 0 Å². The van der Waals surface area contributed by atoms with Gasteiger partial charge in [-0.3, -0.25) is 0 Å². The number of aromatic nitrogens is 2. The molecule has 2 rings (SSSR count). The first-order chi connectivity index (χ1) is 7.65. The quantitative estimate of drug-likeness (QED) is 0.787. The van der Waals surface area contributed by atoms with Crippen LogP contribution in [0.25, 0.3) is 0 Å². The molecule has 88 valence electrons. The fraction of sp³-hybridized carbons (Fsp3) is 0.600. The van der Waals surface area contributed by atoms with Crippen LogP contribution < -0.4 is 11.1 Å². The predicted molar refractivity (Wildman–Crippen MR) is 63.5 cm³/mol. The molecule has 0 aliphatic carbocycles. The lowest BCUT2D eigenvalue weighted by atomic mass is 10.0. The minimum absolute atomic E-state index is 0.186. The summed E-state index contributed by atoms with van der Waals surface area (Å²) >= 11 is 5.78. The summed E-state index contributed by atoms with van der Waals surface area (Å²) < 4.78 is 5.48. The van der Waals surface area contributed by atoms with E-state index in [2.05, 4.69) is 22.2 Å². The molecule has 1 aliphatic rings. The van der Waals surface area contributed by atoms with Crippen molar-refractivity contribution in [2.75, 3.05) is 24.2 Å². The molecule has 0 aromatic carbocycles. The molecule has 3 N–H and O–H groups in total. The summed E-state index contributed by atoms with van der Waals surface area (Å²) in [5.41, 5.74) is 5.50. The van der Waals surface area contributed by atoms with Crippen molar-refractivity contribution < 1.29 is 4.74 Å². The smallest absolute Gasteiger partial charge is 0.223 e. The molecule has 2 atom stereocenters. The predicted octanol–water partition coefficient (Wildman–Crippen LogP) is 1.55. The van der Waals surface area contributed by atoms with E-state index in [4.69, 9.17) is 22.1 Å². The highest BCUT2D eigenvalue weighted by Gasteiger charge is 2.23. The molecule has 0 spiro atoms. The van der Waals surface area contributed by atoms with Crippen molar-refractivity contribution in [3.05, 3.63) is 11.2 Å². The summed E-state index contributed by atoms with van der Waals surface area (Å²) in [6.07, 6.45) is 1.37. The molecule has 1 fully saturated rings. The maximum atomic E-state index is 5.78. The minimum Gasteiger partial charge on any atom is -0.378 e. The Morgan fingerprint density at radius 3 is 3.06 bits per heavy atom. The second-order valence-corrected chi connectivity index (χ2v) is 4.33. The summed E-state index contributed by atoms with van der Waals surface area (Å²) in [4.78, 5) is 7.85. The zero-order valence-corrected chi connectivity index (χ0v) is 9.87. The Morgan fingerprint density at radius 2 is 2.44 bits per heavy atom. The summed E-state index contributed by atoms with van der Waals surface area (Å²) in [7, 11) is 0. The summed E-state index contributed by atoms with van der Waals surface area (Å²) in [6, 6.07) is 1.67. The molecule has 1 saturated heterocycles. The van der Waals surface area contributed by atoms with Gasteiger partial charge in [-0.25, -0.2) is 4.98 Å². The van der Waals surface area contributed by atoms with Gasteiger partial charge in [0.05, 0.1) is 6.10 Å². The average molecular weight is 243 g/mol. The number of rotatable bonds is 3. The van der Waals surface area contributed by atoms with Crippen molar-refractivity contribution in [2.45, 2.75) is 19.4 Å². The number of ether oxygens (including phenoxy) is 1. The number of nitrogens with zero attached hydrogens (tertiary/aromatic N) is 2. The Labute approximate surface area is 99.4 Å². The average Bonchev–Trinajstić information content (AvgIpc) is 2.59. The van der Waals surface area contributed by atoms with E-state index >= 15 is 0 Å². The van der Waals surface area contributed by atoms with Gasteiger partial charge in [0.15, 0.2) is 0 Å². The minimum atomic E-state index is 0.186. The molecule has 6 heteroatoms. The Balaban J connectivity index is 1.94. The lowest BCUT2D eigenvalue weighted by molar-refractivity contribution is 0.108. The summed E-state index contributed by atoms with van der Waals surface area (Å²) in [5, 5.41) is 3.56. The van der Waals surface area contributed by atoms with Gasteiger partial charge < -0.3 is 15.8 Å². The Bertz CT molecular complexity index is 354. The van der Waals surface area contributed by atoms with E-state index in [0.29, 0.717) is 23.0 Å².